The molecule has 1 heterocycles. The van der Waals surface area contributed by atoms with Gasteiger partial charge in [-0.05, 0) is 31.1 Å². The van der Waals surface area contributed by atoms with E-state index in [-0.39, 0.29) is 24.0 Å². The Morgan fingerprint density at radius 2 is 2.00 bits per heavy atom. The highest BCUT2D eigenvalue weighted by Gasteiger charge is 2.36. The first-order valence-electron chi connectivity index (χ1n) is 9.43. The van der Waals surface area contributed by atoms with Crippen LogP contribution in [0.5, 0.6) is 0 Å². The summed E-state index contributed by atoms with van der Waals surface area (Å²) in [5.41, 5.74) is 0. The zero-order valence-corrected chi connectivity index (χ0v) is 18.2. The van der Waals surface area contributed by atoms with Gasteiger partial charge in [0.2, 0.25) is 0 Å². The third-order valence-corrected chi connectivity index (χ3v) is 4.94. The summed E-state index contributed by atoms with van der Waals surface area (Å²) < 4.78 is 5.50. The molecule has 1 aliphatic carbocycles. The average molecular weight is 452 g/mol. The van der Waals surface area contributed by atoms with E-state index in [9.17, 15) is 0 Å². The minimum absolute atomic E-state index is 0. The molecule has 142 valence electrons. The Hall–Kier alpha value is -0.0800. The van der Waals surface area contributed by atoms with Crippen LogP contribution in [0.25, 0.3) is 0 Å². The molecule has 0 aromatic rings. The number of nitrogens with one attached hydrogen (secondary N) is 2. The lowest BCUT2D eigenvalue weighted by Crippen LogP contribution is -2.51. The van der Waals surface area contributed by atoms with Crippen LogP contribution in [-0.2, 0) is 4.74 Å². The first kappa shape index (κ1) is 22.0. The van der Waals surface area contributed by atoms with Crippen LogP contribution in [0, 0.1) is 11.8 Å². The molecule has 3 atom stereocenters. The third-order valence-electron chi connectivity index (χ3n) is 4.94. The molecule has 2 rings (SSSR count). The maximum atomic E-state index is 5.50. The molecule has 0 spiro atoms. The van der Waals surface area contributed by atoms with E-state index in [1.807, 2.05) is 7.05 Å². The van der Waals surface area contributed by atoms with Crippen LogP contribution in [-0.4, -0.2) is 62.8 Å². The van der Waals surface area contributed by atoms with Crippen molar-refractivity contribution < 1.29 is 4.74 Å². The molecule has 0 bridgehead atoms. The Balaban J connectivity index is 0.00000288. The molecule has 24 heavy (non-hydrogen) atoms. The number of halogens is 1. The van der Waals surface area contributed by atoms with E-state index in [2.05, 4.69) is 41.3 Å². The second kappa shape index (κ2) is 11.5. The van der Waals surface area contributed by atoms with E-state index < -0.39 is 0 Å². The Labute approximate surface area is 165 Å². The Morgan fingerprint density at radius 1 is 1.29 bits per heavy atom. The van der Waals surface area contributed by atoms with Crippen LogP contribution in [0.4, 0.5) is 0 Å². The minimum atomic E-state index is 0. The third kappa shape index (κ3) is 7.44. The van der Waals surface area contributed by atoms with Crippen LogP contribution in [0.15, 0.2) is 4.99 Å². The Kier molecular flexibility index (Phi) is 10.5. The fourth-order valence-corrected chi connectivity index (χ4v) is 3.55. The van der Waals surface area contributed by atoms with E-state index in [1.165, 1.54) is 25.7 Å². The molecule has 1 aliphatic heterocycles. The highest BCUT2D eigenvalue weighted by Crippen LogP contribution is 2.34. The van der Waals surface area contributed by atoms with Crippen molar-refractivity contribution in [2.24, 2.45) is 16.8 Å². The minimum Gasteiger partial charge on any atom is -0.379 e. The maximum Gasteiger partial charge on any atom is 0.191 e. The quantitative estimate of drug-likeness (QED) is 0.338. The molecule has 5 nitrogen and oxygen atoms in total. The van der Waals surface area contributed by atoms with Gasteiger partial charge in [-0.2, -0.15) is 0 Å². The molecule has 2 aliphatic rings. The highest BCUT2D eigenvalue weighted by atomic mass is 127. The van der Waals surface area contributed by atoms with Crippen molar-refractivity contribution in [3.8, 4) is 0 Å². The number of nitrogens with zero attached hydrogens (tertiary/aromatic N) is 2. The second-order valence-corrected chi connectivity index (χ2v) is 7.42. The molecular weight excluding hydrogens is 415 g/mol. The van der Waals surface area contributed by atoms with Crippen molar-refractivity contribution in [2.45, 2.75) is 58.5 Å². The van der Waals surface area contributed by atoms with Gasteiger partial charge in [-0.3, -0.25) is 9.89 Å². The lowest BCUT2D eigenvalue weighted by Gasteiger charge is -2.35. The molecule has 1 saturated heterocycles. The second-order valence-electron chi connectivity index (χ2n) is 7.42. The van der Waals surface area contributed by atoms with Crippen LogP contribution in [0.3, 0.4) is 0 Å². The number of aliphatic imine (C=N–C) groups is 1. The number of morpholine rings is 1. The molecule has 0 amide bonds. The number of rotatable bonds is 8. The summed E-state index contributed by atoms with van der Waals surface area (Å²) in [6.45, 7) is 11.7. The zero-order valence-electron chi connectivity index (χ0n) is 15.9. The molecule has 6 heteroatoms. The van der Waals surface area contributed by atoms with Crippen LogP contribution < -0.4 is 10.6 Å². The fraction of sp³-hybridized carbons (Fsp3) is 0.944. The smallest absolute Gasteiger partial charge is 0.191 e. The van der Waals surface area contributed by atoms with Crippen molar-refractivity contribution in [3.63, 3.8) is 0 Å². The first-order chi connectivity index (χ1) is 11.1. The number of ether oxygens (including phenoxy) is 1. The summed E-state index contributed by atoms with van der Waals surface area (Å²) in [5, 5.41) is 7.15. The summed E-state index contributed by atoms with van der Waals surface area (Å²) in [6.07, 6.45) is 5.13. The van der Waals surface area contributed by atoms with Gasteiger partial charge in [-0.15, -0.1) is 24.0 Å². The number of hydrogen-bond donors (Lipinski definition) is 2. The van der Waals surface area contributed by atoms with Crippen molar-refractivity contribution >= 4 is 29.9 Å². The summed E-state index contributed by atoms with van der Waals surface area (Å²) in [7, 11) is 1.87. The molecule has 0 aromatic heterocycles. The Morgan fingerprint density at radius 3 is 2.58 bits per heavy atom. The van der Waals surface area contributed by atoms with Crippen LogP contribution >= 0.6 is 24.0 Å². The lowest BCUT2D eigenvalue weighted by atomic mass is 10.0. The monoisotopic (exact) mass is 452 g/mol. The highest BCUT2D eigenvalue weighted by molar-refractivity contribution is 14.0. The topological polar surface area (TPSA) is 48.9 Å². The van der Waals surface area contributed by atoms with E-state index in [0.29, 0.717) is 18.0 Å². The van der Waals surface area contributed by atoms with E-state index >= 15 is 0 Å². The largest absolute Gasteiger partial charge is 0.379 e. The molecule has 0 aromatic carbocycles. The average Bonchev–Trinajstić information content (AvgIpc) is 3.28. The maximum absolute atomic E-state index is 5.50. The summed E-state index contributed by atoms with van der Waals surface area (Å²) in [5.74, 6) is 2.52. The molecule has 1 saturated carbocycles. The molecule has 2 N–H and O–H groups in total. The summed E-state index contributed by atoms with van der Waals surface area (Å²) in [6, 6.07) is 1.19. The standard InChI is InChI=1S/C18H36N4O.HI/c1-5-6-15-12-17(15)21-18(19-4)20-13-16(11-14(2)3)22-7-9-23-10-8-22;/h14-17H,5-13H2,1-4H3,(H2,19,20,21);1H. The van der Waals surface area contributed by atoms with Gasteiger partial charge in [0.15, 0.2) is 5.96 Å². The van der Waals surface area contributed by atoms with Gasteiger partial charge in [0.05, 0.1) is 13.2 Å². The van der Waals surface area contributed by atoms with Crippen molar-refractivity contribution in [1.82, 2.24) is 15.5 Å². The predicted octanol–water partition coefficient (Wildman–Crippen LogP) is 2.70. The van der Waals surface area contributed by atoms with E-state index in [4.69, 9.17) is 4.74 Å². The zero-order chi connectivity index (χ0) is 16.7. The summed E-state index contributed by atoms with van der Waals surface area (Å²) in [4.78, 5) is 6.98. The van der Waals surface area contributed by atoms with Gasteiger partial charge in [0, 0.05) is 38.8 Å². The fourth-order valence-electron chi connectivity index (χ4n) is 3.55. The van der Waals surface area contributed by atoms with Gasteiger partial charge in [0.25, 0.3) is 0 Å². The van der Waals surface area contributed by atoms with Crippen molar-refractivity contribution in [1.29, 1.82) is 0 Å². The van der Waals surface area contributed by atoms with Gasteiger partial charge in [-0.1, -0.05) is 27.2 Å². The van der Waals surface area contributed by atoms with Crippen molar-refractivity contribution in [3.05, 3.63) is 0 Å². The van der Waals surface area contributed by atoms with Crippen molar-refractivity contribution in [2.75, 3.05) is 39.9 Å². The van der Waals surface area contributed by atoms with E-state index in [1.54, 1.807) is 0 Å². The normalized spacial score (nSPS) is 26.0. The van der Waals surface area contributed by atoms with Gasteiger partial charge < -0.3 is 15.4 Å². The van der Waals surface area contributed by atoms with Gasteiger partial charge >= 0.3 is 0 Å². The van der Waals surface area contributed by atoms with Crippen LogP contribution in [0.2, 0.25) is 0 Å². The summed E-state index contributed by atoms with van der Waals surface area (Å²) >= 11 is 0. The SMILES string of the molecule is CCCC1CC1NC(=NC)NCC(CC(C)C)N1CCOCC1.I. The Bertz CT molecular complexity index is 372. The van der Waals surface area contributed by atoms with Crippen LogP contribution in [0.1, 0.15) is 46.5 Å². The van der Waals surface area contributed by atoms with Gasteiger partial charge in [0.1, 0.15) is 0 Å². The molecule has 0 radical (unpaired) electrons. The first-order valence-corrected chi connectivity index (χ1v) is 9.43. The predicted molar refractivity (Wildman–Crippen MR) is 112 cm³/mol. The lowest BCUT2D eigenvalue weighted by molar-refractivity contribution is 0.0132. The molecule has 3 unspecified atom stereocenters. The number of guanidine groups is 1. The van der Waals surface area contributed by atoms with E-state index in [0.717, 1.165) is 44.7 Å². The number of hydrogen-bond acceptors (Lipinski definition) is 3. The van der Waals surface area contributed by atoms with Gasteiger partial charge in [-0.25, -0.2) is 0 Å². The molecular formula is C18H37IN4O. The molecule has 2 fully saturated rings.